The number of carbonyl (C=O) groups is 2. The zero-order chi connectivity index (χ0) is 13.7. The van der Waals surface area contributed by atoms with E-state index >= 15 is 0 Å². The summed E-state index contributed by atoms with van der Waals surface area (Å²) in [5.74, 6) is -2.07. The van der Waals surface area contributed by atoms with Crippen LogP contribution in [0.3, 0.4) is 0 Å². The molecule has 0 unspecified atom stereocenters. The van der Waals surface area contributed by atoms with Crippen LogP contribution in [0, 0.1) is 29.6 Å². The summed E-state index contributed by atoms with van der Waals surface area (Å²) in [7, 11) is 0. The SMILES string of the molecule is CC(=N)[C@@H](C#N)C(=O)COC(=O)c1ccoc1C. The molecule has 0 aliphatic rings. The second-order valence-corrected chi connectivity index (χ2v) is 3.68. The largest absolute Gasteiger partial charge is 0.469 e. The molecule has 6 heteroatoms. The second kappa shape index (κ2) is 5.77. The van der Waals surface area contributed by atoms with Crippen molar-refractivity contribution in [2.45, 2.75) is 13.8 Å². The number of hydrogen-bond donors (Lipinski definition) is 1. The number of ketones is 1. The van der Waals surface area contributed by atoms with Gasteiger partial charge in [0.05, 0.1) is 12.3 Å². The van der Waals surface area contributed by atoms with E-state index in [-0.39, 0.29) is 11.3 Å². The van der Waals surface area contributed by atoms with Crippen LogP contribution in [0.15, 0.2) is 16.7 Å². The molecule has 1 N–H and O–H groups in total. The van der Waals surface area contributed by atoms with Gasteiger partial charge in [-0.15, -0.1) is 0 Å². The van der Waals surface area contributed by atoms with Crippen molar-refractivity contribution in [3.8, 4) is 6.07 Å². The van der Waals surface area contributed by atoms with Crippen LogP contribution in [-0.2, 0) is 9.53 Å². The van der Waals surface area contributed by atoms with Gasteiger partial charge in [0.15, 0.2) is 12.4 Å². The van der Waals surface area contributed by atoms with E-state index in [1.54, 1.807) is 13.0 Å². The van der Waals surface area contributed by atoms with Gasteiger partial charge in [-0.2, -0.15) is 5.26 Å². The van der Waals surface area contributed by atoms with Crippen molar-refractivity contribution in [1.82, 2.24) is 0 Å². The van der Waals surface area contributed by atoms with Crippen LogP contribution in [0.1, 0.15) is 23.0 Å². The lowest BCUT2D eigenvalue weighted by molar-refractivity contribution is -0.122. The Hall–Kier alpha value is -2.42. The quantitative estimate of drug-likeness (QED) is 0.628. The summed E-state index contributed by atoms with van der Waals surface area (Å²) in [5, 5.41) is 15.9. The van der Waals surface area contributed by atoms with Crippen molar-refractivity contribution in [3.05, 3.63) is 23.7 Å². The number of rotatable bonds is 5. The van der Waals surface area contributed by atoms with Crippen LogP contribution in [0.25, 0.3) is 0 Å². The zero-order valence-electron chi connectivity index (χ0n) is 10.0. The first kappa shape index (κ1) is 13.6. The fourth-order valence-electron chi connectivity index (χ4n) is 1.30. The van der Waals surface area contributed by atoms with E-state index in [1.807, 2.05) is 0 Å². The molecule has 0 bridgehead atoms. The predicted octanol–water partition coefficient (Wildman–Crippen LogP) is 1.49. The van der Waals surface area contributed by atoms with E-state index in [2.05, 4.69) is 0 Å². The number of nitrogens with one attached hydrogen (secondary N) is 1. The molecule has 0 spiro atoms. The van der Waals surface area contributed by atoms with Gasteiger partial charge in [-0.05, 0) is 19.9 Å². The fraction of sp³-hybridized carbons (Fsp3) is 0.333. The molecule has 94 valence electrons. The van der Waals surface area contributed by atoms with Crippen LogP contribution >= 0.6 is 0 Å². The van der Waals surface area contributed by atoms with Gasteiger partial charge in [-0.1, -0.05) is 0 Å². The molecule has 0 aromatic carbocycles. The molecule has 6 nitrogen and oxygen atoms in total. The van der Waals surface area contributed by atoms with Crippen molar-refractivity contribution >= 4 is 17.5 Å². The lowest BCUT2D eigenvalue weighted by atomic mass is 10.0. The Bertz CT molecular complexity index is 524. The average Bonchev–Trinajstić information content (AvgIpc) is 2.72. The van der Waals surface area contributed by atoms with Crippen molar-refractivity contribution in [1.29, 1.82) is 10.7 Å². The second-order valence-electron chi connectivity index (χ2n) is 3.68. The van der Waals surface area contributed by atoms with Gasteiger partial charge in [0.1, 0.15) is 17.2 Å². The molecule has 0 saturated heterocycles. The van der Waals surface area contributed by atoms with Crippen LogP contribution < -0.4 is 0 Å². The molecular weight excluding hydrogens is 236 g/mol. The number of ether oxygens (including phenoxy) is 1. The number of carbonyl (C=O) groups excluding carboxylic acids is 2. The van der Waals surface area contributed by atoms with Gasteiger partial charge in [0, 0.05) is 5.71 Å². The molecule has 0 radical (unpaired) electrons. The van der Waals surface area contributed by atoms with Gasteiger partial charge in [-0.3, -0.25) is 4.79 Å². The number of esters is 1. The van der Waals surface area contributed by atoms with Gasteiger partial charge >= 0.3 is 5.97 Å². The molecule has 0 saturated carbocycles. The minimum Gasteiger partial charge on any atom is -0.469 e. The topological polar surface area (TPSA) is 104 Å². The lowest BCUT2D eigenvalue weighted by Gasteiger charge is -2.06. The Labute approximate surface area is 104 Å². The third kappa shape index (κ3) is 3.04. The summed E-state index contributed by atoms with van der Waals surface area (Å²) < 4.78 is 9.69. The monoisotopic (exact) mass is 248 g/mol. The van der Waals surface area contributed by atoms with E-state index in [0.29, 0.717) is 5.76 Å². The lowest BCUT2D eigenvalue weighted by Crippen LogP contribution is -2.25. The number of Topliss-reactive ketones (excluding diaryl/α,β-unsaturated/α-hetero) is 1. The van der Waals surface area contributed by atoms with Gasteiger partial charge in [-0.25, -0.2) is 4.79 Å². The van der Waals surface area contributed by atoms with E-state index < -0.39 is 24.3 Å². The third-order valence-electron chi connectivity index (χ3n) is 2.31. The Kier molecular flexibility index (Phi) is 4.38. The highest BCUT2D eigenvalue weighted by atomic mass is 16.5. The first-order chi connectivity index (χ1) is 8.47. The Balaban J connectivity index is 2.59. The molecule has 0 fully saturated rings. The van der Waals surface area contributed by atoms with E-state index in [4.69, 9.17) is 19.8 Å². The predicted molar refractivity (Wildman–Crippen MR) is 61.2 cm³/mol. The molecule has 0 aliphatic heterocycles. The first-order valence-corrected chi connectivity index (χ1v) is 5.16. The highest BCUT2D eigenvalue weighted by Gasteiger charge is 2.22. The molecule has 1 atom stereocenters. The minimum atomic E-state index is -1.16. The number of furan rings is 1. The maximum atomic E-state index is 11.5. The maximum absolute atomic E-state index is 11.5. The highest BCUT2D eigenvalue weighted by molar-refractivity contribution is 6.06. The number of aryl methyl sites for hydroxylation is 1. The van der Waals surface area contributed by atoms with Crippen molar-refractivity contribution in [2.75, 3.05) is 6.61 Å². The summed E-state index contributed by atoms with van der Waals surface area (Å²) in [6, 6.07) is 3.12. The summed E-state index contributed by atoms with van der Waals surface area (Å²) >= 11 is 0. The smallest absolute Gasteiger partial charge is 0.342 e. The van der Waals surface area contributed by atoms with Gasteiger partial charge in [0.2, 0.25) is 0 Å². The van der Waals surface area contributed by atoms with Gasteiger partial charge in [0.25, 0.3) is 0 Å². The molecule has 1 aromatic heterocycles. The van der Waals surface area contributed by atoms with Crippen molar-refractivity contribution in [3.63, 3.8) is 0 Å². The number of nitriles is 1. The number of hydrogen-bond acceptors (Lipinski definition) is 6. The fourth-order valence-corrected chi connectivity index (χ4v) is 1.30. The molecule has 1 heterocycles. The van der Waals surface area contributed by atoms with Crippen LogP contribution in [-0.4, -0.2) is 24.1 Å². The van der Waals surface area contributed by atoms with Crippen molar-refractivity contribution in [2.24, 2.45) is 5.92 Å². The molecular formula is C12H12N2O4. The Morgan fingerprint density at radius 2 is 2.28 bits per heavy atom. The van der Waals surface area contributed by atoms with E-state index in [1.165, 1.54) is 19.3 Å². The molecule has 18 heavy (non-hydrogen) atoms. The van der Waals surface area contributed by atoms with Crippen molar-refractivity contribution < 1.29 is 18.7 Å². The summed E-state index contributed by atoms with van der Waals surface area (Å²) in [5.41, 5.74) is 0.168. The summed E-state index contributed by atoms with van der Waals surface area (Å²) in [6.07, 6.45) is 1.34. The molecule has 0 amide bonds. The van der Waals surface area contributed by atoms with E-state index in [0.717, 1.165) is 0 Å². The Morgan fingerprint density at radius 1 is 1.61 bits per heavy atom. The third-order valence-corrected chi connectivity index (χ3v) is 2.31. The molecule has 1 rings (SSSR count). The number of nitrogens with zero attached hydrogens (tertiary/aromatic N) is 1. The molecule has 1 aromatic rings. The minimum absolute atomic E-state index is 0.0713. The normalized spacial score (nSPS) is 11.4. The van der Waals surface area contributed by atoms with Crippen LogP contribution in [0.4, 0.5) is 0 Å². The van der Waals surface area contributed by atoms with Crippen LogP contribution in [0.2, 0.25) is 0 Å². The average molecular weight is 248 g/mol. The van der Waals surface area contributed by atoms with Crippen LogP contribution in [0.5, 0.6) is 0 Å². The first-order valence-electron chi connectivity index (χ1n) is 5.16. The zero-order valence-corrected chi connectivity index (χ0v) is 10.0. The van der Waals surface area contributed by atoms with Gasteiger partial charge < -0.3 is 14.6 Å². The highest BCUT2D eigenvalue weighted by Crippen LogP contribution is 2.10. The maximum Gasteiger partial charge on any atom is 0.342 e. The summed E-state index contributed by atoms with van der Waals surface area (Å²) in [4.78, 5) is 23.1. The summed E-state index contributed by atoms with van der Waals surface area (Å²) in [6.45, 7) is 2.42. The Morgan fingerprint density at radius 3 is 2.72 bits per heavy atom. The van der Waals surface area contributed by atoms with E-state index in [9.17, 15) is 9.59 Å². The molecule has 0 aliphatic carbocycles. The standard InChI is InChI=1S/C12H12N2O4/c1-7(14)10(5-13)11(15)6-18-12(16)9-3-4-17-8(9)2/h3-4,10,14H,6H2,1-2H3/t10-/m1/s1.